The van der Waals surface area contributed by atoms with Crippen molar-refractivity contribution in [1.29, 1.82) is 0 Å². The van der Waals surface area contributed by atoms with E-state index in [1.54, 1.807) is 4.90 Å². The molecule has 1 fully saturated rings. The topological polar surface area (TPSA) is 143 Å². The van der Waals surface area contributed by atoms with Crippen LogP contribution in [-0.2, 0) is 21.2 Å². The van der Waals surface area contributed by atoms with Crippen molar-refractivity contribution in [3.8, 4) is 16.9 Å². The number of methoxy groups -OCH3 is 1. The Hall–Kier alpha value is -4.27. The normalized spacial score (nSPS) is 17.9. The summed E-state index contributed by atoms with van der Waals surface area (Å²) in [5.41, 5.74) is -0.347. The summed E-state index contributed by atoms with van der Waals surface area (Å²) in [7, 11) is -2.99. The number of carbonyl (C=O) groups is 1. The van der Waals surface area contributed by atoms with Crippen molar-refractivity contribution in [2.45, 2.75) is 69.1 Å². The standard InChI is InChI=1S/C34H36ClF2N5O6S/c1-34(2,3)48-33(44)42-11-5-6-21(17-42)39-32-38-16-19-12-18(13-27(47-4)31(19)40-32)29-24(36)8-9-25(30(29)37)41-49(45,46)28-15-20(35)14-23-22(28)7-10-26(23)43/h8-9,12-16,21,26,41,43H,5-7,10-11,17H2,1-4H3,(H,38,39,40). The van der Waals surface area contributed by atoms with Crippen LogP contribution >= 0.6 is 11.6 Å². The molecule has 1 aliphatic heterocycles. The summed E-state index contributed by atoms with van der Waals surface area (Å²) in [4.78, 5) is 23.1. The Balaban J connectivity index is 1.28. The van der Waals surface area contributed by atoms with Gasteiger partial charge in [-0.3, -0.25) is 4.72 Å². The maximum atomic E-state index is 16.1. The van der Waals surface area contributed by atoms with Gasteiger partial charge in [0.25, 0.3) is 10.0 Å². The average molecular weight is 716 g/mol. The number of halogens is 3. The first kappa shape index (κ1) is 34.6. The molecule has 2 aliphatic rings. The molecule has 4 aromatic rings. The lowest BCUT2D eigenvalue weighted by Gasteiger charge is -2.34. The quantitative estimate of drug-likeness (QED) is 0.188. The minimum atomic E-state index is -4.39. The summed E-state index contributed by atoms with van der Waals surface area (Å²) in [6, 6.07) is 7.47. The fourth-order valence-electron chi connectivity index (χ4n) is 6.22. The van der Waals surface area contributed by atoms with E-state index in [1.807, 2.05) is 20.8 Å². The Morgan fingerprint density at radius 1 is 1.14 bits per heavy atom. The third kappa shape index (κ3) is 7.22. The van der Waals surface area contributed by atoms with Crippen LogP contribution in [0.5, 0.6) is 5.75 Å². The van der Waals surface area contributed by atoms with Gasteiger partial charge < -0.3 is 24.8 Å². The van der Waals surface area contributed by atoms with Crippen molar-refractivity contribution in [2.75, 3.05) is 30.2 Å². The molecule has 2 heterocycles. The molecule has 1 aliphatic carbocycles. The maximum absolute atomic E-state index is 16.1. The van der Waals surface area contributed by atoms with E-state index in [-0.39, 0.29) is 33.2 Å². The molecular weight excluding hydrogens is 680 g/mol. The lowest BCUT2D eigenvalue weighted by atomic mass is 10.0. The second kappa shape index (κ2) is 13.2. The first-order chi connectivity index (χ1) is 23.1. The largest absolute Gasteiger partial charge is 0.494 e. The van der Waals surface area contributed by atoms with Gasteiger partial charge in [-0.1, -0.05) is 11.6 Å². The Bertz CT molecular complexity index is 2060. The smallest absolute Gasteiger partial charge is 0.410 e. The molecule has 6 rings (SSSR count). The number of ether oxygens (including phenoxy) is 2. The van der Waals surface area contributed by atoms with E-state index >= 15 is 8.78 Å². The van der Waals surface area contributed by atoms with Crippen LogP contribution < -0.4 is 14.8 Å². The molecule has 1 amide bonds. The average Bonchev–Trinajstić information content (AvgIpc) is 3.40. The van der Waals surface area contributed by atoms with Gasteiger partial charge in [-0.2, -0.15) is 0 Å². The van der Waals surface area contributed by atoms with Gasteiger partial charge in [-0.05, 0) is 99.5 Å². The lowest BCUT2D eigenvalue weighted by Crippen LogP contribution is -2.47. The third-order valence-electron chi connectivity index (χ3n) is 8.42. The van der Waals surface area contributed by atoms with Crippen molar-refractivity contribution in [1.82, 2.24) is 14.9 Å². The number of rotatable bonds is 7. The summed E-state index contributed by atoms with van der Waals surface area (Å²) >= 11 is 6.16. The lowest BCUT2D eigenvalue weighted by molar-refractivity contribution is 0.0206. The minimum absolute atomic E-state index is 0.0664. The molecule has 49 heavy (non-hydrogen) atoms. The molecule has 11 nitrogen and oxygen atoms in total. The number of carbonyl (C=O) groups excluding carboxylic acids is 1. The van der Waals surface area contributed by atoms with E-state index in [0.29, 0.717) is 48.0 Å². The number of benzene rings is 3. The van der Waals surface area contributed by atoms with Crippen LogP contribution in [0.4, 0.5) is 25.2 Å². The Labute approximate surface area is 287 Å². The highest BCUT2D eigenvalue weighted by Crippen LogP contribution is 2.40. The van der Waals surface area contributed by atoms with Crippen molar-refractivity contribution < 1.29 is 36.6 Å². The van der Waals surface area contributed by atoms with Gasteiger partial charge in [0, 0.05) is 35.7 Å². The Kier molecular flexibility index (Phi) is 9.33. The van der Waals surface area contributed by atoms with Gasteiger partial charge >= 0.3 is 6.09 Å². The zero-order chi connectivity index (χ0) is 35.2. The van der Waals surface area contributed by atoms with Crippen molar-refractivity contribution in [3.63, 3.8) is 0 Å². The number of hydrogen-bond donors (Lipinski definition) is 3. The summed E-state index contributed by atoms with van der Waals surface area (Å²) in [5, 5.41) is 14.1. The SMILES string of the molecule is COc1cc(-c2c(F)ccc(NS(=O)(=O)c3cc(Cl)cc4c3CCC4O)c2F)cc2cnc(NC3CCCN(C(=O)OC(C)(C)C)C3)nc12. The molecule has 2 atom stereocenters. The minimum Gasteiger partial charge on any atom is -0.494 e. The highest BCUT2D eigenvalue weighted by atomic mass is 35.5. The van der Waals surface area contributed by atoms with Crippen LogP contribution in [0.2, 0.25) is 5.02 Å². The first-order valence-electron chi connectivity index (χ1n) is 15.7. The summed E-state index contributed by atoms with van der Waals surface area (Å²) < 4.78 is 71.7. The Morgan fingerprint density at radius 2 is 1.92 bits per heavy atom. The Morgan fingerprint density at radius 3 is 2.65 bits per heavy atom. The van der Waals surface area contributed by atoms with E-state index in [9.17, 15) is 18.3 Å². The molecule has 0 bridgehead atoms. The van der Waals surface area contributed by atoms with Gasteiger partial charge in [0.15, 0.2) is 5.82 Å². The van der Waals surface area contributed by atoms with Crippen molar-refractivity contribution >= 4 is 50.3 Å². The summed E-state index contributed by atoms with van der Waals surface area (Å²) in [6.45, 7) is 6.41. The van der Waals surface area contributed by atoms with Gasteiger partial charge in [-0.15, -0.1) is 0 Å². The molecule has 0 spiro atoms. The predicted octanol–water partition coefficient (Wildman–Crippen LogP) is 6.83. The molecule has 260 valence electrons. The molecule has 3 N–H and O–H groups in total. The van der Waals surface area contributed by atoms with Crippen molar-refractivity contribution in [2.24, 2.45) is 0 Å². The number of likely N-dealkylation sites (tertiary alicyclic amines) is 1. The number of nitrogens with one attached hydrogen (secondary N) is 2. The summed E-state index contributed by atoms with van der Waals surface area (Å²) in [6.07, 6.45) is 2.38. The molecule has 15 heteroatoms. The monoisotopic (exact) mass is 715 g/mol. The number of aliphatic hydroxyl groups is 1. The van der Waals surface area contributed by atoms with Crippen LogP contribution in [-0.4, -0.2) is 66.3 Å². The third-order valence-corrected chi connectivity index (χ3v) is 10.1. The number of fused-ring (bicyclic) bond motifs is 2. The number of nitrogens with zero attached hydrogens (tertiary/aromatic N) is 3. The van der Waals surface area contributed by atoms with E-state index < -0.39 is 50.7 Å². The number of hydrogen-bond acceptors (Lipinski definition) is 9. The zero-order valence-corrected chi connectivity index (χ0v) is 28.9. The van der Waals surface area contributed by atoms with E-state index in [4.69, 9.17) is 21.1 Å². The van der Waals surface area contributed by atoms with E-state index in [2.05, 4.69) is 20.0 Å². The highest BCUT2D eigenvalue weighted by molar-refractivity contribution is 7.92. The first-order valence-corrected chi connectivity index (χ1v) is 17.6. The molecule has 1 aromatic heterocycles. The number of aromatic nitrogens is 2. The second-order valence-corrected chi connectivity index (χ2v) is 15.2. The van der Waals surface area contributed by atoms with Crippen LogP contribution in [0.25, 0.3) is 22.0 Å². The van der Waals surface area contributed by atoms with E-state index in [0.717, 1.165) is 25.0 Å². The number of anilines is 2. The fraction of sp³-hybridized carbons (Fsp3) is 0.382. The number of sulfonamides is 1. The number of aliphatic hydroxyl groups excluding tert-OH is 1. The van der Waals surface area contributed by atoms with Crippen molar-refractivity contribution in [3.05, 3.63) is 70.4 Å². The number of piperidine rings is 1. The van der Waals surface area contributed by atoms with Crippen LogP contribution in [0.3, 0.4) is 0 Å². The molecule has 0 radical (unpaired) electrons. The molecule has 2 unspecified atom stereocenters. The fourth-order valence-corrected chi connectivity index (χ4v) is 7.90. The maximum Gasteiger partial charge on any atom is 0.410 e. The van der Waals surface area contributed by atoms with Gasteiger partial charge in [0.1, 0.15) is 22.7 Å². The number of amides is 1. The zero-order valence-electron chi connectivity index (χ0n) is 27.3. The summed E-state index contributed by atoms with van der Waals surface area (Å²) in [5.74, 6) is -1.59. The van der Waals surface area contributed by atoms with Gasteiger partial charge in [0.05, 0.1) is 29.4 Å². The molecule has 0 saturated carbocycles. The van der Waals surface area contributed by atoms with Crippen LogP contribution in [0.1, 0.15) is 57.3 Å². The predicted molar refractivity (Wildman–Crippen MR) is 181 cm³/mol. The highest BCUT2D eigenvalue weighted by Gasteiger charge is 2.31. The van der Waals surface area contributed by atoms with E-state index in [1.165, 1.54) is 37.6 Å². The van der Waals surface area contributed by atoms with Crippen LogP contribution in [0, 0.1) is 11.6 Å². The van der Waals surface area contributed by atoms with Gasteiger partial charge in [-0.25, -0.2) is 32.0 Å². The van der Waals surface area contributed by atoms with Crippen LogP contribution in [0.15, 0.2) is 47.5 Å². The molecule has 3 aromatic carbocycles. The molecular formula is C34H36ClF2N5O6S. The molecule has 1 saturated heterocycles. The van der Waals surface area contributed by atoms with Gasteiger partial charge in [0.2, 0.25) is 5.95 Å². The second-order valence-electron chi connectivity index (χ2n) is 13.1.